The summed E-state index contributed by atoms with van der Waals surface area (Å²) in [6.45, 7) is 0.935. The number of nitrogens with zero attached hydrogens (tertiary/aromatic N) is 5. The van der Waals surface area contributed by atoms with Crippen molar-refractivity contribution in [3.05, 3.63) is 29.3 Å². The van der Waals surface area contributed by atoms with Crippen LogP contribution in [0.4, 0.5) is 13.2 Å². The molecule has 5 nitrogen and oxygen atoms in total. The first-order valence-electron chi connectivity index (χ1n) is 8.82. The molecule has 2 aliphatic rings. The van der Waals surface area contributed by atoms with Crippen molar-refractivity contribution in [1.82, 2.24) is 24.2 Å². The molecule has 0 bridgehead atoms. The SMILES string of the molecule is FC(F)(F)[C@H]1CCCN(Cn2nc(-c3ccncc3)n(C3CC3)c2=S)C1. The van der Waals surface area contributed by atoms with Crippen molar-refractivity contribution in [2.45, 2.75) is 44.6 Å². The van der Waals surface area contributed by atoms with Crippen molar-refractivity contribution in [2.75, 3.05) is 13.1 Å². The Hall–Kier alpha value is -1.74. The fourth-order valence-electron chi connectivity index (χ4n) is 3.51. The lowest BCUT2D eigenvalue weighted by Gasteiger charge is -2.33. The van der Waals surface area contributed by atoms with Gasteiger partial charge in [-0.2, -0.15) is 18.3 Å². The van der Waals surface area contributed by atoms with E-state index in [4.69, 9.17) is 12.2 Å². The van der Waals surface area contributed by atoms with E-state index in [9.17, 15) is 13.2 Å². The van der Waals surface area contributed by atoms with Crippen molar-refractivity contribution < 1.29 is 13.2 Å². The average molecular weight is 383 g/mol. The lowest BCUT2D eigenvalue weighted by molar-refractivity contribution is -0.188. The van der Waals surface area contributed by atoms with E-state index in [0.29, 0.717) is 30.4 Å². The first-order valence-corrected chi connectivity index (χ1v) is 9.23. The zero-order valence-corrected chi connectivity index (χ0v) is 15.0. The summed E-state index contributed by atoms with van der Waals surface area (Å²) < 4.78 is 43.5. The monoisotopic (exact) mass is 383 g/mol. The molecule has 0 unspecified atom stereocenters. The molecule has 2 aromatic heterocycles. The van der Waals surface area contributed by atoms with Gasteiger partial charge in [0.1, 0.15) is 0 Å². The highest BCUT2D eigenvalue weighted by molar-refractivity contribution is 7.71. The Bertz CT molecular complexity index is 825. The molecule has 1 aliphatic heterocycles. The van der Waals surface area contributed by atoms with Gasteiger partial charge >= 0.3 is 6.18 Å². The van der Waals surface area contributed by atoms with Crippen LogP contribution in [0.15, 0.2) is 24.5 Å². The Kier molecular flexibility index (Phi) is 4.60. The third-order valence-corrected chi connectivity index (χ3v) is 5.43. The Morgan fingerprint density at radius 2 is 1.88 bits per heavy atom. The molecule has 0 N–H and O–H groups in total. The van der Waals surface area contributed by atoms with E-state index in [1.54, 1.807) is 22.0 Å². The van der Waals surface area contributed by atoms with E-state index in [0.717, 1.165) is 24.2 Å². The fourth-order valence-corrected chi connectivity index (χ4v) is 3.85. The van der Waals surface area contributed by atoms with E-state index in [1.165, 1.54) is 0 Å². The van der Waals surface area contributed by atoms with Crippen LogP contribution in [0.1, 0.15) is 31.7 Å². The molecule has 3 heterocycles. The first-order chi connectivity index (χ1) is 12.4. The van der Waals surface area contributed by atoms with Crippen LogP contribution in [-0.4, -0.2) is 43.5 Å². The van der Waals surface area contributed by atoms with Gasteiger partial charge in [0.25, 0.3) is 0 Å². The molecule has 0 spiro atoms. The number of alkyl halides is 3. The molecule has 1 saturated heterocycles. The van der Waals surface area contributed by atoms with E-state index in [1.807, 2.05) is 16.7 Å². The maximum absolute atomic E-state index is 13.1. The van der Waals surface area contributed by atoms with Crippen molar-refractivity contribution >= 4 is 12.2 Å². The van der Waals surface area contributed by atoms with Gasteiger partial charge in [-0.05, 0) is 56.6 Å². The number of likely N-dealkylation sites (tertiary alicyclic amines) is 1. The molecule has 1 aliphatic carbocycles. The molecule has 26 heavy (non-hydrogen) atoms. The van der Waals surface area contributed by atoms with E-state index in [2.05, 4.69) is 10.1 Å². The summed E-state index contributed by atoms with van der Waals surface area (Å²) in [6.07, 6.45) is 2.11. The van der Waals surface area contributed by atoms with Gasteiger partial charge in [-0.1, -0.05) is 0 Å². The third kappa shape index (κ3) is 3.55. The van der Waals surface area contributed by atoms with Crippen LogP contribution >= 0.6 is 12.2 Å². The summed E-state index contributed by atoms with van der Waals surface area (Å²) in [5.74, 6) is -0.500. The summed E-state index contributed by atoms with van der Waals surface area (Å²) >= 11 is 5.60. The molecular formula is C17H20F3N5S. The number of halogens is 3. The smallest absolute Gasteiger partial charge is 0.297 e. The van der Waals surface area contributed by atoms with Crippen molar-refractivity contribution in [2.24, 2.45) is 5.92 Å². The Balaban J connectivity index is 1.60. The predicted octanol–water partition coefficient (Wildman–Crippen LogP) is 4.04. The van der Waals surface area contributed by atoms with Gasteiger partial charge in [-0.25, -0.2) is 4.68 Å². The highest BCUT2D eigenvalue weighted by Crippen LogP contribution is 2.38. The zero-order chi connectivity index (χ0) is 18.3. The predicted molar refractivity (Wildman–Crippen MR) is 92.9 cm³/mol. The van der Waals surface area contributed by atoms with Crippen LogP contribution in [0.5, 0.6) is 0 Å². The fraction of sp³-hybridized carbons (Fsp3) is 0.588. The van der Waals surface area contributed by atoms with Gasteiger partial charge in [0.05, 0.1) is 12.6 Å². The largest absolute Gasteiger partial charge is 0.393 e. The highest BCUT2D eigenvalue weighted by Gasteiger charge is 2.42. The molecule has 1 atom stereocenters. The number of aromatic nitrogens is 4. The molecular weight excluding hydrogens is 363 g/mol. The Morgan fingerprint density at radius 3 is 2.54 bits per heavy atom. The lowest BCUT2D eigenvalue weighted by atomic mass is 9.98. The van der Waals surface area contributed by atoms with E-state index < -0.39 is 12.1 Å². The topological polar surface area (TPSA) is 38.9 Å². The molecule has 2 aromatic rings. The van der Waals surface area contributed by atoms with Crippen molar-refractivity contribution in [3.63, 3.8) is 0 Å². The molecule has 9 heteroatoms. The third-order valence-electron chi connectivity index (χ3n) is 5.02. The normalized spacial score (nSPS) is 21.9. The van der Waals surface area contributed by atoms with Gasteiger partial charge in [0, 0.05) is 30.5 Å². The second-order valence-electron chi connectivity index (χ2n) is 7.04. The van der Waals surface area contributed by atoms with Crippen LogP contribution in [0.3, 0.4) is 0 Å². The molecule has 2 fully saturated rings. The summed E-state index contributed by atoms with van der Waals surface area (Å²) in [4.78, 5) is 5.83. The summed E-state index contributed by atoms with van der Waals surface area (Å²) in [5.41, 5.74) is 0.920. The van der Waals surface area contributed by atoms with Gasteiger partial charge < -0.3 is 0 Å². The minimum atomic E-state index is -4.14. The van der Waals surface area contributed by atoms with Crippen LogP contribution in [-0.2, 0) is 6.67 Å². The second kappa shape index (κ2) is 6.77. The maximum atomic E-state index is 13.1. The lowest BCUT2D eigenvalue weighted by Crippen LogP contribution is -2.42. The van der Waals surface area contributed by atoms with Gasteiger partial charge in [-0.15, -0.1) is 0 Å². The number of pyridine rings is 1. The Morgan fingerprint density at radius 1 is 1.15 bits per heavy atom. The van der Waals surface area contributed by atoms with Crippen molar-refractivity contribution in [1.29, 1.82) is 0 Å². The highest BCUT2D eigenvalue weighted by atomic mass is 32.1. The summed E-state index contributed by atoms with van der Waals surface area (Å²) in [5, 5.41) is 4.65. The molecule has 4 rings (SSSR count). The summed E-state index contributed by atoms with van der Waals surface area (Å²) in [7, 11) is 0. The number of rotatable bonds is 4. The minimum absolute atomic E-state index is 0.00610. The standard InChI is InChI=1S/C17H20F3N5S/c18-17(19,20)13-2-1-9-23(10-13)11-24-16(26)25(14-3-4-14)15(22-24)12-5-7-21-8-6-12/h5-8,13-14H,1-4,9-11H2/t13-/m0/s1. The molecule has 0 amide bonds. The number of hydrogen-bond acceptors (Lipinski definition) is 4. The van der Waals surface area contributed by atoms with Crippen LogP contribution < -0.4 is 0 Å². The Labute approximate surface area is 154 Å². The average Bonchev–Trinajstić information content (AvgIpc) is 3.40. The molecule has 140 valence electrons. The molecule has 0 aromatic carbocycles. The van der Waals surface area contributed by atoms with E-state index >= 15 is 0 Å². The summed E-state index contributed by atoms with van der Waals surface area (Å²) in [6, 6.07) is 4.09. The van der Waals surface area contributed by atoms with Crippen molar-refractivity contribution in [3.8, 4) is 11.4 Å². The van der Waals surface area contributed by atoms with Gasteiger partial charge in [-0.3, -0.25) is 14.5 Å². The number of hydrogen-bond donors (Lipinski definition) is 0. The quantitative estimate of drug-likeness (QED) is 0.747. The molecule has 0 radical (unpaired) electrons. The first kappa shape index (κ1) is 17.7. The second-order valence-corrected chi connectivity index (χ2v) is 7.41. The number of piperidine rings is 1. The molecule has 1 saturated carbocycles. The van der Waals surface area contributed by atoms with Crippen LogP contribution in [0.25, 0.3) is 11.4 Å². The van der Waals surface area contributed by atoms with Crippen LogP contribution in [0.2, 0.25) is 0 Å². The minimum Gasteiger partial charge on any atom is -0.297 e. The zero-order valence-electron chi connectivity index (χ0n) is 14.2. The maximum Gasteiger partial charge on any atom is 0.393 e. The van der Waals surface area contributed by atoms with E-state index in [-0.39, 0.29) is 13.0 Å². The van der Waals surface area contributed by atoms with Gasteiger partial charge in [0.15, 0.2) is 10.6 Å². The van der Waals surface area contributed by atoms with Gasteiger partial charge in [0.2, 0.25) is 0 Å². The van der Waals surface area contributed by atoms with Crippen LogP contribution in [0, 0.1) is 10.7 Å².